The van der Waals surface area contributed by atoms with Crippen molar-refractivity contribution < 1.29 is 4.79 Å². The fraction of sp³-hybridized carbons (Fsp3) is 0.286. The van der Waals surface area contributed by atoms with Crippen molar-refractivity contribution in [2.45, 2.75) is 26.3 Å². The third-order valence-corrected chi connectivity index (χ3v) is 3.96. The van der Waals surface area contributed by atoms with E-state index in [2.05, 4.69) is 15.5 Å². The minimum absolute atomic E-state index is 0.136. The van der Waals surface area contributed by atoms with Crippen LogP contribution in [-0.2, 0) is 6.42 Å². The number of carbonyl (C=O) groups is 1. The summed E-state index contributed by atoms with van der Waals surface area (Å²) in [4.78, 5) is 12.1. The molecule has 0 fully saturated rings. The summed E-state index contributed by atoms with van der Waals surface area (Å²) in [6.07, 6.45) is 2.01. The van der Waals surface area contributed by atoms with E-state index in [-0.39, 0.29) is 11.9 Å². The normalized spacial score (nSPS) is 12.2. The summed E-state index contributed by atoms with van der Waals surface area (Å²) >= 11 is 18.2. The molecule has 0 saturated carbocycles. The van der Waals surface area contributed by atoms with Crippen molar-refractivity contribution in [1.29, 1.82) is 0 Å². The van der Waals surface area contributed by atoms with Crippen LogP contribution in [0.15, 0.2) is 18.3 Å². The van der Waals surface area contributed by atoms with E-state index >= 15 is 0 Å². The molecule has 7 heteroatoms. The summed E-state index contributed by atoms with van der Waals surface area (Å²) in [6.45, 7) is 3.67. The number of aromatic amines is 1. The zero-order chi connectivity index (χ0) is 15.6. The number of nitrogens with zero attached hydrogens (tertiary/aromatic N) is 1. The molecule has 2 rings (SSSR count). The van der Waals surface area contributed by atoms with Crippen LogP contribution >= 0.6 is 34.8 Å². The average Bonchev–Trinajstić information content (AvgIpc) is 2.80. The fourth-order valence-electron chi connectivity index (χ4n) is 2.01. The molecule has 1 atom stereocenters. The van der Waals surface area contributed by atoms with E-state index in [4.69, 9.17) is 34.8 Å². The number of rotatable bonds is 4. The standard InChI is InChI=1S/C14H14Cl3N3O/c1-7(19-14(21)11-6-18-20-8(11)2)3-10-12(16)4-9(15)5-13(10)17/h4-7H,3H2,1-2H3,(H,18,20)(H,19,21)/t7-/m0/s1. The Morgan fingerprint density at radius 2 is 1.95 bits per heavy atom. The van der Waals surface area contributed by atoms with Crippen LogP contribution in [0.3, 0.4) is 0 Å². The van der Waals surface area contributed by atoms with E-state index in [1.807, 2.05) is 6.92 Å². The highest BCUT2D eigenvalue weighted by atomic mass is 35.5. The molecule has 1 heterocycles. The highest BCUT2D eigenvalue weighted by Gasteiger charge is 2.16. The van der Waals surface area contributed by atoms with Gasteiger partial charge in [-0.2, -0.15) is 5.10 Å². The van der Waals surface area contributed by atoms with E-state index < -0.39 is 0 Å². The second-order valence-electron chi connectivity index (χ2n) is 4.84. The monoisotopic (exact) mass is 345 g/mol. The molecular formula is C14H14Cl3N3O. The van der Waals surface area contributed by atoms with Gasteiger partial charge in [0.1, 0.15) is 0 Å². The topological polar surface area (TPSA) is 57.8 Å². The van der Waals surface area contributed by atoms with Crippen LogP contribution < -0.4 is 5.32 Å². The largest absolute Gasteiger partial charge is 0.349 e. The van der Waals surface area contributed by atoms with Gasteiger partial charge in [-0.15, -0.1) is 0 Å². The number of H-pyrrole nitrogens is 1. The molecule has 0 spiro atoms. The molecule has 0 aliphatic heterocycles. The number of amides is 1. The highest BCUT2D eigenvalue weighted by molar-refractivity contribution is 6.39. The number of hydrogen-bond acceptors (Lipinski definition) is 2. The first kappa shape index (κ1) is 16.1. The first-order chi connectivity index (χ1) is 9.88. The molecule has 0 aliphatic carbocycles. The second kappa shape index (κ2) is 6.69. The predicted octanol–water partition coefficient (Wildman–Crippen LogP) is 4.04. The number of benzene rings is 1. The van der Waals surface area contributed by atoms with Crippen LogP contribution in [0.5, 0.6) is 0 Å². The molecule has 0 bridgehead atoms. The van der Waals surface area contributed by atoms with Gasteiger partial charge in [-0.25, -0.2) is 0 Å². The van der Waals surface area contributed by atoms with Crippen LogP contribution in [0.1, 0.15) is 28.5 Å². The Hall–Kier alpha value is -1.23. The lowest BCUT2D eigenvalue weighted by Crippen LogP contribution is -2.34. The number of carbonyl (C=O) groups excluding carboxylic acids is 1. The first-order valence-electron chi connectivity index (χ1n) is 6.32. The minimum Gasteiger partial charge on any atom is -0.349 e. The number of aromatic nitrogens is 2. The lowest BCUT2D eigenvalue weighted by atomic mass is 10.1. The first-order valence-corrected chi connectivity index (χ1v) is 7.46. The van der Waals surface area contributed by atoms with E-state index in [0.717, 1.165) is 11.3 Å². The minimum atomic E-state index is -0.185. The van der Waals surface area contributed by atoms with Gasteiger partial charge >= 0.3 is 0 Å². The van der Waals surface area contributed by atoms with E-state index in [1.165, 1.54) is 6.20 Å². The van der Waals surface area contributed by atoms with Crippen LogP contribution in [0.25, 0.3) is 0 Å². The third kappa shape index (κ3) is 3.90. The molecule has 0 unspecified atom stereocenters. The number of nitrogens with one attached hydrogen (secondary N) is 2. The molecule has 2 N–H and O–H groups in total. The predicted molar refractivity (Wildman–Crippen MR) is 85.4 cm³/mol. The van der Waals surface area contributed by atoms with Gasteiger partial charge in [0.25, 0.3) is 5.91 Å². The Kier molecular flexibility index (Phi) is 5.14. The molecule has 0 saturated heterocycles. The van der Waals surface area contributed by atoms with Gasteiger partial charge in [0.15, 0.2) is 0 Å². The summed E-state index contributed by atoms with van der Waals surface area (Å²) in [5, 5.41) is 10.9. The maximum absolute atomic E-state index is 12.1. The molecule has 1 amide bonds. The molecule has 1 aromatic carbocycles. The summed E-state index contributed by atoms with van der Waals surface area (Å²) < 4.78 is 0. The molecule has 2 aromatic rings. The lowest BCUT2D eigenvalue weighted by Gasteiger charge is -2.16. The van der Waals surface area contributed by atoms with Gasteiger partial charge in [-0.1, -0.05) is 34.8 Å². The molecule has 1 aromatic heterocycles. The van der Waals surface area contributed by atoms with Crippen molar-refractivity contribution in [2.75, 3.05) is 0 Å². The van der Waals surface area contributed by atoms with E-state index in [1.54, 1.807) is 19.1 Å². The smallest absolute Gasteiger partial charge is 0.254 e. The molecule has 0 radical (unpaired) electrons. The van der Waals surface area contributed by atoms with Gasteiger partial charge in [0.05, 0.1) is 11.8 Å². The van der Waals surface area contributed by atoms with Gasteiger partial charge in [0.2, 0.25) is 0 Å². The van der Waals surface area contributed by atoms with Crippen molar-refractivity contribution in [3.8, 4) is 0 Å². The Balaban J connectivity index is 2.07. The van der Waals surface area contributed by atoms with Crippen molar-refractivity contribution in [1.82, 2.24) is 15.5 Å². The van der Waals surface area contributed by atoms with Crippen LogP contribution in [0.2, 0.25) is 15.1 Å². The highest BCUT2D eigenvalue weighted by Crippen LogP contribution is 2.29. The summed E-state index contributed by atoms with van der Waals surface area (Å²) in [7, 11) is 0. The number of hydrogen-bond donors (Lipinski definition) is 2. The Morgan fingerprint density at radius 1 is 1.33 bits per heavy atom. The average molecular weight is 347 g/mol. The number of aryl methyl sites for hydroxylation is 1. The molecule has 112 valence electrons. The fourth-order valence-corrected chi connectivity index (χ4v) is 2.98. The quantitative estimate of drug-likeness (QED) is 0.878. The Labute approximate surface area is 137 Å². The van der Waals surface area contributed by atoms with Gasteiger partial charge in [-0.3, -0.25) is 9.89 Å². The Bertz CT molecular complexity index is 646. The van der Waals surface area contributed by atoms with Crippen molar-refractivity contribution >= 4 is 40.7 Å². The summed E-state index contributed by atoms with van der Waals surface area (Å²) in [5.74, 6) is -0.185. The van der Waals surface area contributed by atoms with Crippen LogP contribution in [0, 0.1) is 6.92 Å². The molecule has 4 nitrogen and oxygen atoms in total. The van der Waals surface area contributed by atoms with Crippen molar-refractivity contribution in [2.24, 2.45) is 0 Å². The van der Waals surface area contributed by atoms with Crippen LogP contribution in [-0.4, -0.2) is 22.1 Å². The van der Waals surface area contributed by atoms with Crippen LogP contribution in [0.4, 0.5) is 0 Å². The van der Waals surface area contributed by atoms with Crippen molar-refractivity contribution in [3.63, 3.8) is 0 Å². The maximum Gasteiger partial charge on any atom is 0.254 e. The second-order valence-corrected chi connectivity index (χ2v) is 6.09. The van der Waals surface area contributed by atoms with Gasteiger partial charge in [0, 0.05) is 26.8 Å². The summed E-state index contributed by atoms with van der Waals surface area (Å²) in [6, 6.07) is 3.14. The maximum atomic E-state index is 12.1. The Morgan fingerprint density at radius 3 is 2.48 bits per heavy atom. The zero-order valence-corrected chi connectivity index (χ0v) is 13.8. The van der Waals surface area contributed by atoms with E-state index in [0.29, 0.717) is 27.1 Å². The zero-order valence-electron chi connectivity index (χ0n) is 11.5. The molecular weight excluding hydrogens is 333 g/mol. The van der Waals surface area contributed by atoms with Gasteiger partial charge < -0.3 is 5.32 Å². The lowest BCUT2D eigenvalue weighted by molar-refractivity contribution is 0.0939. The van der Waals surface area contributed by atoms with Crippen molar-refractivity contribution in [3.05, 3.63) is 50.2 Å². The molecule has 21 heavy (non-hydrogen) atoms. The SMILES string of the molecule is Cc1[nH]ncc1C(=O)N[C@@H](C)Cc1c(Cl)cc(Cl)cc1Cl. The van der Waals surface area contributed by atoms with Gasteiger partial charge in [-0.05, 0) is 38.0 Å². The summed E-state index contributed by atoms with van der Waals surface area (Å²) in [5.41, 5.74) is 2.01. The number of halogens is 3. The van der Waals surface area contributed by atoms with E-state index in [9.17, 15) is 4.79 Å². The third-order valence-electron chi connectivity index (χ3n) is 3.07. The molecule has 0 aliphatic rings.